The first-order valence-corrected chi connectivity index (χ1v) is 17.1. The standard InChI is InChI=1S/C38H35F5N2O3S/c39-32-33(40)35(42)37(36(43)34(32)41)49-45-19-7-12-30(45)38(47)44(21-24-13-15-27(16-14-24)26-10-5-2-6-11-26)29-18-17-28(22-46)31(20-29)48-23-25-8-3-1-4-9-25/h1,3-4,8-9,13-18,20,22,26,30H,2,5-7,10-12,19,21,23H2/t30-/m1/s1. The maximum Gasteiger partial charge on any atom is 0.245 e. The molecule has 2 aliphatic rings. The van der Waals surface area contributed by atoms with E-state index in [1.165, 1.54) is 34.0 Å². The van der Waals surface area contributed by atoms with Gasteiger partial charge in [-0.2, -0.15) is 0 Å². The molecule has 0 radical (unpaired) electrons. The van der Waals surface area contributed by atoms with E-state index in [-0.39, 0.29) is 31.0 Å². The van der Waals surface area contributed by atoms with Crippen molar-refractivity contribution < 1.29 is 36.3 Å². The summed E-state index contributed by atoms with van der Waals surface area (Å²) in [6, 6.07) is 21.4. The SMILES string of the molecule is O=Cc1ccc(N(Cc2ccc(C3CCCCC3)cc2)C(=O)[C@H]2CCCN2Sc2c(F)c(F)c(F)c(F)c2F)cc1OCc1ccccc1. The van der Waals surface area contributed by atoms with Crippen LogP contribution in [0.25, 0.3) is 0 Å². The fourth-order valence-corrected chi connectivity index (χ4v) is 7.63. The molecule has 1 aliphatic carbocycles. The quantitative estimate of drug-likeness (QED) is 0.0515. The lowest BCUT2D eigenvalue weighted by atomic mass is 9.84. The number of amides is 1. The normalized spacial score (nSPS) is 16.9. The number of hydrogen-bond donors (Lipinski definition) is 0. The van der Waals surface area contributed by atoms with E-state index < -0.39 is 45.9 Å². The number of anilines is 1. The van der Waals surface area contributed by atoms with Crippen LogP contribution in [0.4, 0.5) is 27.6 Å². The molecule has 256 valence electrons. The molecule has 49 heavy (non-hydrogen) atoms. The zero-order valence-corrected chi connectivity index (χ0v) is 27.5. The topological polar surface area (TPSA) is 49.9 Å². The lowest BCUT2D eigenvalue weighted by Crippen LogP contribution is -2.43. The van der Waals surface area contributed by atoms with Crippen molar-refractivity contribution in [1.29, 1.82) is 0 Å². The highest BCUT2D eigenvalue weighted by Crippen LogP contribution is 2.39. The molecule has 5 nitrogen and oxygen atoms in total. The summed E-state index contributed by atoms with van der Waals surface area (Å²) >= 11 is 0.348. The van der Waals surface area contributed by atoms with E-state index in [0.717, 1.165) is 24.0 Å². The maximum absolute atomic E-state index is 14.7. The maximum atomic E-state index is 14.7. The van der Waals surface area contributed by atoms with Gasteiger partial charge in [0.1, 0.15) is 17.3 Å². The minimum Gasteiger partial charge on any atom is -0.488 e. The first-order chi connectivity index (χ1) is 23.7. The number of carbonyl (C=O) groups is 2. The van der Waals surface area contributed by atoms with Crippen LogP contribution in [0.3, 0.4) is 0 Å². The molecule has 1 saturated heterocycles. The molecule has 1 aliphatic heterocycles. The zero-order valence-electron chi connectivity index (χ0n) is 26.6. The largest absolute Gasteiger partial charge is 0.488 e. The van der Waals surface area contributed by atoms with Gasteiger partial charge in [0.05, 0.1) is 18.2 Å². The number of rotatable bonds is 11. The molecule has 0 unspecified atom stereocenters. The molecule has 4 aromatic carbocycles. The second-order valence-electron chi connectivity index (χ2n) is 12.4. The fourth-order valence-electron chi connectivity index (χ4n) is 6.52. The van der Waals surface area contributed by atoms with Crippen LogP contribution in [-0.2, 0) is 17.9 Å². The Morgan fingerprint density at radius 3 is 2.14 bits per heavy atom. The predicted octanol–water partition coefficient (Wildman–Crippen LogP) is 9.53. The van der Waals surface area contributed by atoms with Crippen LogP contribution < -0.4 is 9.64 Å². The van der Waals surface area contributed by atoms with Crippen LogP contribution in [0.15, 0.2) is 77.7 Å². The van der Waals surface area contributed by atoms with Crippen molar-refractivity contribution >= 4 is 29.8 Å². The van der Waals surface area contributed by atoms with Crippen LogP contribution in [0, 0.1) is 29.1 Å². The van der Waals surface area contributed by atoms with Crippen LogP contribution in [0.2, 0.25) is 0 Å². The highest BCUT2D eigenvalue weighted by molar-refractivity contribution is 7.97. The molecule has 6 rings (SSSR count). The Bertz CT molecular complexity index is 1770. The van der Waals surface area contributed by atoms with Gasteiger partial charge in [0.2, 0.25) is 11.7 Å². The monoisotopic (exact) mass is 694 g/mol. The second-order valence-corrected chi connectivity index (χ2v) is 13.5. The Morgan fingerprint density at radius 2 is 1.47 bits per heavy atom. The van der Waals surface area contributed by atoms with Gasteiger partial charge < -0.3 is 9.64 Å². The number of nitrogens with zero attached hydrogens (tertiary/aromatic N) is 2. The summed E-state index contributed by atoms with van der Waals surface area (Å²) in [5.41, 5.74) is 3.66. The molecule has 1 saturated carbocycles. The molecule has 4 aromatic rings. The van der Waals surface area contributed by atoms with Crippen molar-refractivity contribution in [2.75, 3.05) is 11.4 Å². The molecule has 0 N–H and O–H groups in total. The molecule has 0 aromatic heterocycles. The van der Waals surface area contributed by atoms with Crippen LogP contribution in [-0.4, -0.2) is 29.1 Å². The molecule has 2 fully saturated rings. The third-order valence-electron chi connectivity index (χ3n) is 9.20. The van der Waals surface area contributed by atoms with Crippen molar-refractivity contribution in [3.05, 3.63) is 124 Å². The zero-order chi connectivity index (χ0) is 34.5. The highest BCUT2D eigenvalue weighted by Gasteiger charge is 2.38. The minimum absolute atomic E-state index is 0.125. The van der Waals surface area contributed by atoms with Crippen molar-refractivity contribution in [3.63, 3.8) is 0 Å². The Morgan fingerprint density at radius 1 is 0.796 bits per heavy atom. The summed E-state index contributed by atoms with van der Waals surface area (Å²) in [5.74, 6) is -9.89. The summed E-state index contributed by atoms with van der Waals surface area (Å²) in [6.07, 6.45) is 7.32. The van der Waals surface area contributed by atoms with E-state index in [9.17, 15) is 31.5 Å². The molecule has 0 spiro atoms. The first kappa shape index (κ1) is 34.6. The third-order valence-corrected chi connectivity index (χ3v) is 10.4. The number of ether oxygens (including phenoxy) is 1. The van der Waals surface area contributed by atoms with Crippen LogP contribution in [0.5, 0.6) is 5.75 Å². The van der Waals surface area contributed by atoms with Gasteiger partial charge in [-0.1, -0.05) is 73.9 Å². The van der Waals surface area contributed by atoms with E-state index in [1.54, 1.807) is 18.2 Å². The smallest absolute Gasteiger partial charge is 0.245 e. The van der Waals surface area contributed by atoms with Gasteiger partial charge in [0.25, 0.3) is 0 Å². The summed E-state index contributed by atoms with van der Waals surface area (Å²) in [7, 11) is 0. The van der Waals surface area contributed by atoms with Crippen molar-refractivity contribution in [3.8, 4) is 5.75 Å². The summed E-state index contributed by atoms with van der Waals surface area (Å²) in [6.45, 7) is 0.483. The van der Waals surface area contributed by atoms with E-state index in [0.29, 0.717) is 42.7 Å². The van der Waals surface area contributed by atoms with Gasteiger partial charge in [-0.15, -0.1) is 0 Å². The van der Waals surface area contributed by atoms with E-state index >= 15 is 0 Å². The number of halogens is 5. The molecule has 1 heterocycles. The fraction of sp³-hybridized carbons (Fsp3) is 0.316. The van der Waals surface area contributed by atoms with Crippen LogP contribution >= 0.6 is 11.9 Å². The number of benzene rings is 4. The summed E-state index contributed by atoms with van der Waals surface area (Å²) < 4.78 is 78.6. The minimum atomic E-state index is -2.24. The summed E-state index contributed by atoms with van der Waals surface area (Å²) in [5, 5.41) is 0. The van der Waals surface area contributed by atoms with E-state index in [2.05, 4.69) is 12.1 Å². The Hall–Kier alpha value is -4.22. The second kappa shape index (κ2) is 15.6. The van der Waals surface area contributed by atoms with Gasteiger partial charge in [-0.05, 0) is 72.4 Å². The molecule has 1 amide bonds. The Kier molecular flexibility index (Phi) is 11.0. The molecule has 0 bridgehead atoms. The molecular formula is C38H35F5N2O3S. The highest BCUT2D eigenvalue weighted by atomic mass is 32.2. The van der Waals surface area contributed by atoms with Crippen molar-refractivity contribution in [2.45, 2.75) is 75.0 Å². The van der Waals surface area contributed by atoms with E-state index in [1.807, 2.05) is 42.5 Å². The Labute approximate surface area is 286 Å². The van der Waals surface area contributed by atoms with Gasteiger partial charge >= 0.3 is 0 Å². The van der Waals surface area contributed by atoms with Gasteiger partial charge in [0, 0.05) is 18.3 Å². The third kappa shape index (κ3) is 7.68. The average molecular weight is 695 g/mol. The molecule has 11 heteroatoms. The molecular weight excluding hydrogens is 659 g/mol. The number of carbonyl (C=O) groups excluding carboxylic acids is 2. The number of aldehydes is 1. The lowest BCUT2D eigenvalue weighted by Gasteiger charge is -2.30. The van der Waals surface area contributed by atoms with Crippen molar-refractivity contribution in [1.82, 2.24) is 4.31 Å². The van der Waals surface area contributed by atoms with Gasteiger partial charge in [0.15, 0.2) is 29.6 Å². The van der Waals surface area contributed by atoms with Crippen molar-refractivity contribution in [2.24, 2.45) is 0 Å². The van der Waals surface area contributed by atoms with E-state index in [4.69, 9.17) is 4.74 Å². The van der Waals surface area contributed by atoms with Crippen LogP contribution in [0.1, 0.15) is 77.9 Å². The lowest BCUT2D eigenvalue weighted by molar-refractivity contribution is -0.121. The van der Waals surface area contributed by atoms with Gasteiger partial charge in [-0.3, -0.25) is 9.59 Å². The first-order valence-electron chi connectivity index (χ1n) is 16.4. The predicted molar refractivity (Wildman–Crippen MR) is 178 cm³/mol. The molecule has 1 atom stereocenters. The van der Waals surface area contributed by atoms with Gasteiger partial charge in [-0.25, -0.2) is 26.3 Å². The number of hydrogen-bond acceptors (Lipinski definition) is 5. The summed E-state index contributed by atoms with van der Waals surface area (Å²) in [4.78, 5) is 26.8. The Balaban J connectivity index is 1.31. The average Bonchev–Trinajstić information content (AvgIpc) is 3.62.